The van der Waals surface area contributed by atoms with Gasteiger partial charge in [-0.25, -0.2) is 4.79 Å². The van der Waals surface area contributed by atoms with Crippen LogP contribution in [0.1, 0.15) is 53.2 Å². The number of ketones is 1. The lowest BCUT2D eigenvalue weighted by molar-refractivity contribution is 0.0595. The summed E-state index contributed by atoms with van der Waals surface area (Å²) in [5, 5.41) is 9.70. The zero-order valence-corrected chi connectivity index (χ0v) is 12.3. The Kier molecular flexibility index (Phi) is 4.83. The first kappa shape index (κ1) is 16.1. The van der Waals surface area contributed by atoms with Crippen LogP contribution in [0.25, 0.3) is 0 Å². The monoisotopic (exact) mass is 281 g/mol. The molecule has 2 atom stereocenters. The number of ether oxygens (including phenoxy) is 1. The predicted octanol–water partition coefficient (Wildman–Crippen LogP) is 1.09. The number of aliphatic hydroxyl groups excluding tert-OH is 1. The molecule has 1 heterocycles. The maximum absolute atomic E-state index is 12.1. The van der Waals surface area contributed by atoms with Gasteiger partial charge in [0.2, 0.25) is 0 Å². The molecule has 0 bridgehead atoms. The molecule has 6 heteroatoms. The number of carbonyl (C=O) groups is 2. The highest BCUT2D eigenvalue weighted by atomic mass is 16.5. The van der Waals surface area contributed by atoms with E-state index in [1.54, 1.807) is 13.8 Å². The van der Waals surface area contributed by atoms with Crippen LogP contribution in [-0.2, 0) is 4.74 Å². The number of hydrogen-bond acceptors (Lipinski definition) is 5. The van der Waals surface area contributed by atoms with Crippen molar-refractivity contribution in [1.82, 2.24) is 4.57 Å². The largest absolute Gasteiger partial charge is 0.465 e. The standard InChI is InChI=1S/C14H19NO5/c1-7-12(10(4)17)15(8(2)9(3)16)6-11(13(7)18)14(19)20-5/h6,8-9,16H,1-5H3/t8-,9-/m1/s1. The van der Waals surface area contributed by atoms with Gasteiger partial charge in [0.1, 0.15) is 5.56 Å². The Bertz CT molecular complexity index is 600. The fraction of sp³-hybridized carbons (Fsp3) is 0.500. The zero-order valence-electron chi connectivity index (χ0n) is 12.3. The van der Waals surface area contributed by atoms with Crippen molar-refractivity contribution in [2.45, 2.75) is 39.8 Å². The number of esters is 1. The van der Waals surface area contributed by atoms with E-state index in [1.165, 1.54) is 31.7 Å². The van der Waals surface area contributed by atoms with Crippen LogP contribution in [0.2, 0.25) is 0 Å². The van der Waals surface area contributed by atoms with Crippen molar-refractivity contribution < 1.29 is 19.4 Å². The maximum atomic E-state index is 12.1. The van der Waals surface area contributed by atoms with Crippen LogP contribution >= 0.6 is 0 Å². The van der Waals surface area contributed by atoms with Gasteiger partial charge in [0.25, 0.3) is 0 Å². The third kappa shape index (κ3) is 2.80. The molecule has 0 aliphatic carbocycles. The number of hydrogen-bond donors (Lipinski definition) is 1. The molecule has 0 saturated carbocycles. The molecular formula is C14H19NO5. The van der Waals surface area contributed by atoms with Gasteiger partial charge < -0.3 is 14.4 Å². The minimum atomic E-state index is -0.764. The van der Waals surface area contributed by atoms with E-state index in [0.717, 1.165) is 0 Å². The van der Waals surface area contributed by atoms with E-state index in [2.05, 4.69) is 4.74 Å². The van der Waals surface area contributed by atoms with E-state index >= 15 is 0 Å². The van der Waals surface area contributed by atoms with E-state index in [-0.39, 0.29) is 22.6 Å². The number of aliphatic hydroxyl groups is 1. The van der Waals surface area contributed by atoms with Crippen LogP contribution in [0.15, 0.2) is 11.0 Å². The Hall–Kier alpha value is -1.95. The predicted molar refractivity (Wildman–Crippen MR) is 73.2 cm³/mol. The van der Waals surface area contributed by atoms with Crippen LogP contribution in [0, 0.1) is 6.92 Å². The number of Topliss-reactive ketones (excluding diaryl/α,β-unsaturated/α-hetero) is 1. The van der Waals surface area contributed by atoms with Crippen LogP contribution in [0.4, 0.5) is 0 Å². The van der Waals surface area contributed by atoms with Crippen LogP contribution < -0.4 is 5.43 Å². The summed E-state index contributed by atoms with van der Waals surface area (Å²) < 4.78 is 6.02. The minimum absolute atomic E-state index is 0.150. The minimum Gasteiger partial charge on any atom is -0.465 e. The first-order valence-electron chi connectivity index (χ1n) is 6.25. The molecule has 1 aromatic rings. The molecule has 0 saturated heterocycles. The Morgan fingerprint density at radius 1 is 1.35 bits per heavy atom. The second kappa shape index (κ2) is 6.00. The molecular weight excluding hydrogens is 262 g/mol. The van der Waals surface area contributed by atoms with Crippen molar-refractivity contribution in [2.24, 2.45) is 0 Å². The Morgan fingerprint density at radius 2 is 1.90 bits per heavy atom. The van der Waals surface area contributed by atoms with E-state index in [0.29, 0.717) is 0 Å². The van der Waals surface area contributed by atoms with Crippen molar-refractivity contribution >= 4 is 11.8 Å². The lowest BCUT2D eigenvalue weighted by Gasteiger charge is -2.23. The topological polar surface area (TPSA) is 85.6 Å². The van der Waals surface area contributed by atoms with E-state index in [4.69, 9.17) is 0 Å². The molecule has 0 spiro atoms. The highest BCUT2D eigenvalue weighted by molar-refractivity contribution is 5.95. The zero-order chi connectivity index (χ0) is 15.6. The van der Waals surface area contributed by atoms with Gasteiger partial charge in [0.05, 0.1) is 24.9 Å². The molecule has 0 aliphatic heterocycles. The van der Waals surface area contributed by atoms with Crippen LogP contribution in [-0.4, -0.2) is 34.6 Å². The number of carbonyl (C=O) groups excluding carboxylic acids is 2. The molecule has 20 heavy (non-hydrogen) atoms. The fourth-order valence-electron chi connectivity index (χ4n) is 2.02. The highest BCUT2D eigenvalue weighted by Crippen LogP contribution is 2.17. The summed E-state index contributed by atoms with van der Waals surface area (Å²) in [6.45, 7) is 6.09. The lowest BCUT2D eigenvalue weighted by Crippen LogP contribution is -2.30. The van der Waals surface area contributed by atoms with Gasteiger partial charge in [-0.2, -0.15) is 0 Å². The average molecular weight is 281 g/mol. The van der Waals surface area contributed by atoms with Crippen molar-refractivity contribution in [1.29, 1.82) is 0 Å². The molecule has 0 aliphatic rings. The third-order valence-corrected chi connectivity index (χ3v) is 3.34. The number of pyridine rings is 1. The molecule has 1 N–H and O–H groups in total. The normalized spacial score (nSPS) is 13.7. The molecule has 1 rings (SSSR count). The van der Waals surface area contributed by atoms with Gasteiger partial charge in [0, 0.05) is 18.7 Å². The fourth-order valence-corrected chi connectivity index (χ4v) is 2.02. The molecule has 0 unspecified atom stereocenters. The summed E-state index contributed by atoms with van der Waals surface area (Å²) in [7, 11) is 1.18. The van der Waals surface area contributed by atoms with Crippen LogP contribution in [0.5, 0.6) is 0 Å². The Labute approximate surface area is 117 Å². The van der Waals surface area contributed by atoms with E-state index < -0.39 is 23.5 Å². The van der Waals surface area contributed by atoms with Crippen molar-refractivity contribution in [3.63, 3.8) is 0 Å². The average Bonchev–Trinajstić information content (AvgIpc) is 2.39. The second-order valence-electron chi connectivity index (χ2n) is 4.78. The second-order valence-corrected chi connectivity index (χ2v) is 4.78. The molecule has 1 aromatic heterocycles. The Morgan fingerprint density at radius 3 is 2.30 bits per heavy atom. The third-order valence-electron chi connectivity index (χ3n) is 3.34. The molecule has 0 fully saturated rings. The summed E-state index contributed by atoms with van der Waals surface area (Å²) in [6, 6.07) is -0.461. The Balaban J connectivity index is 3.71. The number of methoxy groups -OCH3 is 1. The summed E-state index contributed by atoms with van der Waals surface area (Å²) in [4.78, 5) is 35.5. The summed E-state index contributed by atoms with van der Waals surface area (Å²) >= 11 is 0. The highest BCUT2D eigenvalue weighted by Gasteiger charge is 2.23. The molecule has 0 amide bonds. The molecule has 0 radical (unpaired) electrons. The van der Waals surface area contributed by atoms with E-state index in [9.17, 15) is 19.5 Å². The molecule has 0 aromatic carbocycles. The van der Waals surface area contributed by atoms with Crippen molar-refractivity contribution in [3.05, 3.63) is 33.2 Å². The number of rotatable bonds is 4. The summed E-state index contributed by atoms with van der Waals surface area (Å²) in [6.07, 6.45) is 0.524. The van der Waals surface area contributed by atoms with Gasteiger partial charge in [-0.05, 0) is 20.8 Å². The van der Waals surface area contributed by atoms with Gasteiger partial charge >= 0.3 is 5.97 Å². The van der Waals surface area contributed by atoms with Gasteiger partial charge in [0.15, 0.2) is 11.2 Å². The quantitative estimate of drug-likeness (QED) is 0.659. The summed E-state index contributed by atoms with van der Waals surface area (Å²) in [5.41, 5.74) is -0.317. The smallest absolute Gasteiger partial charge is 0.343 e. The maximum Gasteiger partial charge on any atom is 0.343 e. The first-order valence-corrected chi connectivity index (χ1v) is 6.25. The van der Waals surface area contributed by atoms with Gasteiger partial charge in [-0.1, -0.05) is 0 Å². The van der Waals surface area contributed by atoms with Crippen molar-refractivity contribution in [3.8, 4) is 0 Å². The van der Waals surface area contributed by atoms with E-state index in [1.807, 2.05) is 0 Å². The van der Waals surface area contributed by atoms with Crippen LogP contribution in [0.3, 0.4) is 0 Å². The van der Waals surface area contributed by atoms with Crippen molar-refractivity contribution in [2.75, 3.05) is 7.11 Å². The summed E-state index contributed by atoms with van der Waals surface area (Å²) in [5.74, 6) is -1.07. The lowest BCUT2D eigenvalue weighted by atomic mass is 10.1. The SMILES string of the molecule is COC(=O)c1cn([C@H](C)[C@@H](C)O)c(C(C)=O)c(C)c1=O. The molecule has 110 valence electrons. The first-order chi connectivity index (χ1) is 9.22. The number of nitrogens with zero attached hydrogens (tertiary/aromatic N) is 1. The van der Waals surface area contributed by atoms with Gasteiger partial charge in [-0.15, -0.1) is 0 Å². The number of aromatic nitrogens is 1. The van der Waals surface area contributed by atoms with Gasteiger partial charge in [-0.3, -0.25) is 9.59 Å². The molecule has 6 nitrogen and oxygen atoms in total.